The number of aromatic nitrogens is 4. The summed E-state index contributed by atoms with van der Waals surface area (Å²) >= 11 is 0. The number of carbonyl (C=O) groups is 1. The quantitative estimate of drug-likeness (QED) is 0.691. The molecular weight excluding hydrogens is 380 g/mol. The van der Waals surface area contributed by atoms with Crippen molar-refractivity contribution < 1.29 is 9.90 Å². The second-order valence-corrected chi connectivity index (χ2v) is 8.33. The van der Waals surface area contributed by atoms with Crippen LogP contribution in [-0.2, 0) is 0 Å². The summed E-state index contributed by atoms with van der Waals surface area (Å²) in [7, 11) is 0. The molecule has 8 heteroatoms. The summed E-state index contributed by atoms with van der Waals surface area (Å²) < 4.78 is 1.61. The highest BCUT2D eigenvalue weighted by molar-refractivity contribution is 6.05. The number of benzene rings is 1. The number of nitrogens with zero attached hydrogens (tertiary/aromatic N) is 5. The molecule has 0 unspecified atom stereocenters. The molecule has 0 atom stereocenters. The van der Waals surface area contributed by atoms with Crippen LogP contribution >= 0.6 is 0 Å². The van der Waals surface area contributed by atoms with Gasteiger partial charge in [-0.25, -0.2) is 15.0 Å². The molecule has 0 spiro atoms. The third-order valence-corrected chi connectivity index (χ3v) is 5.85. The maximum atomic E-state index is 13.2. The molecule has 154 valence electrons. The van der Waals surface area contributed by atoms with Crippen LogP contribution in [0.25, 0.3) is 16.9 Å². The third kappa shape index (κ3) is 3.89. The van der Waals surface area contributed by atoms with Crippen LogP contribution < -0.4 is 5.32 Å². The number of rotatable bonds is 4. The molecule has 1 aliphatic carbocycles. The fourth-order valence-electron chi connectivity index (χ4n) is 4.09. The highest BCUT2D eigenvalue weighted by Gasteiger charge is 2.32. The fraction of sp³-hybridized carbons (Fsp3) is 0.409. The monoisotopic (exact) mass is 404 g/mol. The Morgan fingerprint density at radius 3 is 2.67 bits per heavy atom. The average Bonchev–Trinajstić information content (AvgIpc) is 3.27. The number of carbonyl (C=O) groups excluding carboxylic acids is 1. The van der Waals surface area contributed by atoms with Crippen molar-refractivity contribution >= 4 is 16.8 Å². The normalized spacial score (nSPS) is 19.4. The van der Waals surface area contributed by atoms with E-state index in [0.29, 0.717) is 22.4 Å². The van der Waals surface area contributed by atoms with Crippen molar-refractivity contribution in [1.82, 2.24) is 24.8 Å². The Hall–Kier alpha value is -3.31. The van der Waals surface area contributed by atoms with Crippen LogP contribution in [0.2, 0.25) is 0 Å². The zero-order valence-corrected chi connectivity index (χ0v) is 17.0. The summed E-state index contributed by atoms with van der Waals surface area (Å²) in [4.78, 5) is 26.2. The lowest BCUT2D eigenvalue weighted by molar-refractivity contribution is -0.00258. The summed E-state index contributed by atoms with van der Waals surface area (Å²) in [6, 6.07) is 7.32. The smallest absolute Gasteiger partial charge is 0.270 e. The SMILES string of the molecule is CC(C)(O)C1CCC(NC(=O)c2nc(-n3ccnc3)nc3c(C#N)cccc23)CC1. The minimum Gasteiger partial charge on any atom is -0.390 e. The van der Waals surface area contributed by atoms with E-state index in [9.17, 15) is 15.2 Å². The number of nitrogens with one attached hydrogen (secondary N) is 1. The standard InChI is InChI=1S/C22H24N6O2/c1-22(2,30)15-6-8-16(9-7-15)25-20(29)19-17-5-3-4-14(12-23)18(17)26-21(27-19)28-11-10-24-13-28/h3-5,10-11,13,15-16,30H,6-9H2,1-2H3,(H,25,29). The van der Waals surface area contributed by atoms with Gasteiger partial charge < -0.3 is 10.4 Å². The minimum absolute atomic E-state index is 0.0250. The van der Waals surface area contributed by atoms with Crippen LogP contribution in [-0.4, -0.2) is 42.2 Å². The largest absolute Gasteiger partial charge is 0.390 e. The van der Waals surface area contributed by atoms with Crippen molar-refractivity contribution in [2.75, 3.05) is 0 Å². The molecule has 30 heavy (non-hydrogen) atoms. The van der Waals surface area contributed by atoms with E-state index in [4.69, 9.17) is 0 Å². The summed E-state index contributed by atoms with van der Waals surface area (Å²) in [5.41, 5.74) is 0.363. The van der Waals surface area contributed by atoms with Crippen molar-refractivity contribution in [2.24, 2.45) is 5.92 Å². The number of nitriles is 1. The molecule has 4 rings (SSSR count). The van der Waals surface area contributed by atoms with Crippen LogP contribution in [0, 0.1) is 17.2 Å². The molecule has 2 aromatic heterocycles. The second kappa shape index (κ2) is 7.84. The highest BCUT2D eigenvalue weighted by atomic mass is 16.3. The van der Waals surface area contributed by atoms with Gasteiger partial charge in [0.1, 0.15) is 18.1 Å². The lowest BCUT2D eigenvalue weighted by atomic mass is 9.77. The number of amides is 1. The van der Waals surface area contributed by atoms with Gasteiger partial charge in [-0.1, -0.05) is 12.1 Å². The van der Waals surface area contributed by atoms with Crippen molar-refractivity contribution in [3.8, 4) is 12.0 Å². The van der Waals surface area contributed by atoms with Crippen LogP contribution in [0.4, 0.5) is 0 Å². The molecule has 1 aromatic carbocycles. The maximum absolute atomic E-state index is 13.2. The van der Waals surface area contributed by atoms with Crippen LogP contribution in [0.3, 0.4) is 0 Å². The average molecular weight is 404 g/mol. The first-order valence-electron chi connectivity index (χ1n) is 10.1. The molecule has 1 aliphatic rings. The van der Waals surface area contributed by atoms with E-state index in [0.717, 1.165) is 25.7 Å². The molecule has 1 amide bonds. The van der Waals surface area contributed by atoms with Crippen molar-refractivity contribution in [1.29, 1.82) is 5.26 Å². The number of fused-ring (bicyclic) bond motifs is 1. The molecule has 1 saturated carbocycles. The molecule has 0 radical (unpaired) electrons. The summed E-state index contributed by atoms with van der Waals surface area (Å²) in [6.45, 7) is 3.68. The van der Waals surface area contributed by atoms with E-state index in [1.54, 1.807) is 41.5 Å². The fourth-order valence-corrected chi connectivity index (χ4v) is 4.09. The van der Waals surface area contributed by atoms with Gasteiger partial charge in [0, 0.05) is 23.8 Å². The first kappa shape index (κ1) is 20.0. The lowest BCUT2D eigenvalue weighted by Crippen LogP contribution is -2.42. The predicted octanol–water partition coefficient (Wildman–Crippen LogP) is 2.75. The zero-order chi connectivity index (χ0) is 21.3. The molecule has 0 saturated heterocycles. The van der Waals surface area contributed by atoms with Crippen LogP contribution in [0.5, 0.6) is 0 Å². The van der Waals surface area contributed by atoms with Crippen molar-refractivity contribution in [3.63, 3.8) is 0 Å². The van der Waals surface area contributed by atoms with Crippen LogP contribution in [0.15, 0.2) is 36.9 Å². The van der Waals surface area contributed by atoms with E-state index in [1.807, 2.05) is 13.8 Å². The van der Waals surface area contributed by atoms with E-state index < -0.39 is 5.60 Å². The highest BCUT2D eigenvalue weighted by Crippen LogP contribution is 2.32. The Labute approximate surface area is 174 Å². The number of hydrogen-bond donors (Lipinski definition) is 2. The maximum Gasteiger partial charge on any atom is 0.270 e. The Morgan fingerprint density at radius 1 is 1.27 bits per heavy atom. The van der Waals surface area contributed by atoms with Gasteiger partial charge in [-0.15, -0.1) is 0 Å². The first-order valence-corrected chi connectivity index (χ1v) is 10.1. The van der Waals surface area contributed by atoms with Gasteiger partial charge >= 0.3 is 0 Å². The third-order valence-electron chi connectivity index (χ3n) is 5.85. The molecular formula is C22H24N6O2. The summed E-state index contributed by atoms with van der Waals surface area (Å²) in [6.07, 6.45) is 8.17. The topological polar surface area (TPSA) is 117 Å². The van der Waals surface area contributed by atoms with Gasteiger partial charge in [-0.05, 0) is 51.5 Å². The van der Waals surface area contributed by atoms with Gasteiger partial charge in [-0.2, -0.15) is 5.26 Å². The van der Waals surface area contributed by atoms with Gasteiger partial charge in [0.2, 0.25) is 5.95 Å². The van der Waals surface area contributed by atoms with E-state index in [2.05, 4.69) is 26.3 Å². The van der Waals surface area contributed by atoms with E-state index in [-0.39, 0.29) is 23.6 Å². The van der Waals surface area contributed by atoms with Gasteiger partial charge in [0.05, 0.1) is 16.7 Å². The summed E-state index contributed by atoms with van der Waals surface area (Å²) in [5.74, 6) is 0.237. The number of aliphatic hydroxyl groups is 1. The second-order valence-electron chi connectivity index (χ2n) is 8.33. The van der Waals surface area contributed by atoms with Crippen LogP contribution in [0.1, 0.15) is 55.6 Å². The van der Waals surface area contributed by atoms with Gasteiger partial charge in [0.15, 0.2) is 0 Å². The lowest BCUT2D eigenvalue weighted by Gasteiger charge is -2.36. The molecule has 0 bridgehead atoms. The van der Waals surface area contributed by atoms with Gasteiger partial charge in [0.25, 0.3) is 5.91 Å². The van der Waals surface area contributed by atoms with Gasteiger partial charge in [-0.3, -0.25) is 9.36 Å². The molecule has 2 N–H and O–H groups in total. The Balaban J connectivity index is 1.65. The van der Waals surface area contributed by atoms with Crippen molar-refractivity contribution in [2.45, 2.75) is 51.2 Å². The molecule has 2 heterocycles. The minimum atomic E-state index is -0.703. The van der Waals surface area contributed by atoms with E-state index in [1.165, 1.54) is 0 Å². The zero-order valence-electron chi connectivity index (χ0n) is 17.0. The van der Waals surface area contributed by atoms with E-state index >= 15 is 0 Å². The Bertz CT molecular complexity index is 1100. The molecule has 1 fully saturated rings. The molecule has 3 aromatic rings. The molecule has 8 nitrogen and oxygen atoms in total. The van der Waals surface area contributed by atoms with Crippen molar-refractivity contribution in [3.05, 3.63) is 48.2 Å². The summed E-state index contributed by atoms with van der Waals surface area (Å²) in [5, 5.41) is 23.4. The number of para-hydroxylation sites is 1. The predicted molar refractivity (Wildman–Crippen MR) is 111 cm³/mol. The first-order chi connectivity index (χ1) is 14.4. The Morgan fingerprint density at radius 2 is 2.03 bits per heavy atom. The number of hydrogen-bond acceptors (Lipinski definition) is 6. The number of imidazole rings is 1. The molecule has 0 aliphatic heterocycles. The Kier molecular flexibility index (Phi) is 5.22.